The van der Waals surface area contributed by atoms with Gasteiger partial charge in [-0.3, -0.25) is 4.79 Å². The highest BCUT2D eigenvalue weighted by Crippen LogP contribution is 2.33. The first kappa shape index (κ1) is 21.6. The molecule has 3 atom stereocenters. The second-order valence-corrected chi connectivity index (χ2v) is 8.04. The van der Waals surface area contributed by atoms with E-state index < -0.39 is 19.0 Å². The van der Waals surface area contributed by atoms with E-state index in [0.717, 1.165) is 38.9 Å². The molecule has 2 aliphatic rings. The van der Waals surface area contributed by atoms with E-state index in [9.17, 15) is 19.7 Å². The fraction of sp³-hybridized carbons (Fsp3) is 0.600. The van der Waals surface area contributed by atoms with Crippen molar-refractivity contribution >= 4 is 19.0 Å². The van der Waals surface area contributed by atoms with Crippen LogP contribution in [0.25, 0.3) is 0 Å². The zero-order valence-electron chi connectivity index (χ0n) is 16.8. The number of para-hydroxylation sites is 1. The molecule has 8 nitrogen and oxygen atoms in total. The Bertz CT molecular complexity index is 732. The molecule has 1 aromatic carbocycles. The van der Waals surface area contributed by atoms with Crippen LogP contribution in [0.2, 0.25) is 0 Å². The van der Waals surface area contributed by atoms with Gasteiger partial charge in [-0.15, -0.1) is 0 Å². The maximum atomic E-state index is 12.5. The summed E-state index contributed by atoms with van der Waals surface area (Å²) < 4.78 is 5.44. The highest BCUT2D eigenvalue weighted by atomic mass is 16.5. The molecule has 1 aliphatic carbocycles. The van der Waals surface area contributed by atoms with Crippen LogP contribution in [0.4, 0.5) is 0 Å². The van der Waals surface area contributed by atoms with Crippen molar-refractivity contribution in [3.63, 3.8) is 0 Å². The number of carboxylic acids is 1. The molecule has 1 saturated carbocycles. The molecule has 3 rings (SSSR count). The lowest BCUT2D eigenvalue weighted by Gasteiger charge is -2.29. The van der Waals surface area contributed by atoms with Crippen LogP contribution in [0.5, 0.6) is 5.75 Å². The Labute approximate surface area is 171 Å². The van der Waals surface area contributed by atoms with E-state index in [0.29, 0.717) is 30.2 Å². The van der Waals surface area contributed by atoms with Gasteiger partial charge < -0.3 is 30.7 Å². The van der Waals surface area contributed by atoms with Gasteiger partial charge in [0.15, 0.2) is 0 Å². The summed E-state index contributed by atoms with van der Waals surface area (Å²) in [5.41, 5.74) is 0.695. The van der Waals surface area contributed by atoms with Gasteiger partial charge >= 0.3 is 13.1 Å². The molecule has 2 unspecified atom stereocenters. The van der Waals surface area contributed by atoms with Gasteiger partial charge in [-0.2, -0.15) is 0 Å². The summed E-state index contributed by atoms with van der Waals surface area (Å²) in [7, 11) is 0.670. The Hall–Kier alpha value is -2.10. The van der Waals surface area contributed by atoms with Crippen molar-refractivity contribution in [1.29, 1.82) is 0 Å². The Balaban J connectivity index is 1.48. The molecule has 1 fully saturated rings. The molecule has 158 valence electrons. The summed E-state index contributed by atoms with van der Waals surface area (Å²) in [6.45, 7) is 2.88. The number of carbonyl (C=O) groups excluding carboxylic acids is 1. The summed E-state index contributed by atoms with van der Waals surface area (Å²) in [6.07, 6.45) is 3.99. The zero-order valence-corrected chi connectivity index (χ0v) is 16.8. The molecule has 29 heavy (non-hydrogen) atoms. The molecular weight excluding hydrogens is 373 g/mol. The monoisotopic (exact) mass is 403 g/mol. The maximum absolute atomic E-state index is 12.5. The smallest absolute Gasteiger partial charge is 0.534 e. The molecular formula is C20H30BN3O5. The number of benzene rings is 1. The number of nitrogens with one attached hydrogen (secondary N) is 3. The molecule has 9 heteroatoms. The average Bonchev–Trinajstić information content (AvgIpc) is 3.12. The second kappa shape index (κ2) is 10.1. The number of hydrogen-bond donors (Lipinski definition) is 5. The van der Waals surface area contributed by atoms with Gasteiger partial charge in [-0.1, -0.05) is 12.1 Å². The fourth-order valence-electron chi connectivity index (χ4n) is 4.31. The van der Waals surface area contributed by atoms with Gasteiger partial charge in [0, 0.05) is 19.5 Å². The molecule has 1 aromatic rings. The third kappa shape index (κ3) is 5.71. The first-order valence-corrected chi connectivity index (χ1v) is 10.3. The molecule has 1 aliphatic heterocycles. The van der Waals surface area contributed by atoms with Crippen LogP contribution < -0.4 is 20.6 Å². The number of aromatic carboxylic acids is 1. The van der Waals surface area contributed by atoms with Crippen LogP contribution >= 0.6 is 0 Å². The Morgan fingerprint density at radius 2 is 2.03 bits per heavy atom. The first-order chi connectivity index (χ1) is 14.0. The fourth-order valence-corrected chi connectivity index (χ4v) is 4.31. The molecule has 0 aromatic heterocycles. The van der Waals surface area contributed by atoms with Gasteiger partial charge in [0.05, 0.1) is 11.5 Å². The van der Waals surface area contributed by atoms with Crippen molar-refractivity contribution in [3.05, 3.63) is 29.3 Å². The van der Waals surface area contributed by atoms with Crippen LogP contribution in [0, 0.1) is 11.8 Å². The number of carboxylic acid groups (broad SMARTS) is 1. The quantitative estimate of drug-likeness (QED) is 0.300. The minimum atomic E-state index is -1.26. The predicted molar refractivity (Wildman–Crippen MR) is 110 cm³/mol. The normalized spacial score (nSPS) is 23.4. The second-order valence-electron chi connectivity index (χ2n) is 8.04. The van der Waals surface area contributed by atoms with Crippen molar-refractivity contribution in [2.75, 3.05) is 26.7 Å². The standard InChI is InChI=1S/C20H30BN3O5/c1-22-7-8-23-12-14-6-5-13(9-14)10-18(25)24-17-11-15-3-2-4-16(20(26)27)19(15)29-21(17)28/h2-4,13-14,17,22-23,28H,5-12H2,1H3,(H,24,25)(H,26,27)/t13?,14?,17-/m0/s1. The van der Waals surface area contributed by atoms with Gasteiger partial charge in [0.1, 0.15) is 5.75 Å². The molecule has 0 spiro atoms. The van der Waals surface area contributed by atoms with Crippen LogP contribution in [0.15, 0.2) is 18.2 Å². The number of hydrogen-bond acceptors (Lipinski definition) is 6. The first-order valence-electron chi connectivity index (χ1n) is 10.3. The van der Waals surface area contributed by atoms with Crippen LogP contribution in [0.3, 0.4) is 0 Å². The number of rotatable bonds is 9. The maximum Gasteiger partial charge on any atom is 0.547 e. The van der Waals surface area contributed by atoms with E-state index in [2.05, 4.69) is 16.0 Å². The summed E-state index contributed by atoms with van der Waals surface area (Å²) in [4.78, 5) is 23.8. The Kier molecular flexibility index (Phi) is 7.52. The minimum Gasteiger partial charge on any atom is -0.534 e. The highest BCUT2D eigenvalue weighted by molar-refractivity contribution is 6.47. The van der Waals surface area contributed by atoms with Gasteiger partial charge in [0.2, 0.25) is 5.91 Å². The summed E-state index contributed by atoms with van der Waals surface area (Å²) in [5.74, 6) is -0.632. The minimum absolute atomic E-state index is 0.0200. The number of amides is 1. The van der Waals surface area contributed by atoms with Gasteiger partial charge in [-0.05, 0) is 62.7 Å². The lowest BCUT2D eigenvalue weighted by atomic mass is 9.72. The Morgan fingerprint density at radius 1 is 1.24 bits per heavy atom. The van der Waals surface area contributed by atoms with E-state index in [-0.39, 0.29) is 17.2 Å². The highest BCUT2D eigenvalue weighted by Gasteiger charge is 2.38. The third-order valence-corrected chi connectivity index (χ3v) is 5.80. The molecule has 0 bridgehead atoms. The molecule has 5 N–H and O–H groups in total. The molecule has 0 radical (unpaired) electrons. The summed E-state index contributed by atoms with van der Waals surface area (Å²) >= 11 is 0. The van der Waals surface area contributed by atoms with E-state index >= 15 is 0 Å². The van der Waals surface area contributed by atoms with Crippen molar-refractivity contribution in [2.45, 2.75) is 38.0 Å². The van der Waals surface area contributed by atoms with Gasteiger partial charge in [0.25, 0.3) is 0 Å². The van der Waals surface area contributed by atoms with Crippen LogP contribution in [0.1, 0.15) is 41.6 Å². The number of fused-ring (bicyclic) bond motifs is 1. The Morgan fingerprint density at radius 3 is 2.79 bits per heavy atom. The van der Waals surface area contributed by atoms with Crippen molar-refractivity contribution in [2.24, 2.45) is 11.8 Å². The molecule has 1 amide bonds. The lowest BCUT2D eigenvalue weighted by Crippen LogP contribution is -2.53. The SMILES string of the molecule is CNCCNCC1CCC(CC(=O)N[C@H]2Cc3cccc(C(=O)O)c3OB2O)C1. The van der Waals surface area contributed by atoms with Gasteiger partial charge in [-0.25, -0.2) is 4.79 Å². The van der Waals surface area contributed by atoms with Crippen molar-refractivity contribution in [3.8, 4) is 5.75 Å². The van der Waals surface area contributed by atoms with E-state index in [1.807, 2.05) is 7.05 Å². The number of likely N-dealkylation sites (N-methyl/N-ethyl adjacent to an activating group) is 1. The van der Waals surface area contributed by atoms with Crippen molar-refractivity contribution in [1.82, 2.24) is 16.0 Å². The van der Waals surface area contributed by atoms with Crippen LogP contribution in [-0.2, 0) is 11.2 Å². The lowest BCUT2D eigenvalue weighted by molar-refractivity contribution is -0.122. The zero-order chi connectivity index (χ0) is 20.8. The number of carbonyl (C=O) groups is 2. The van der Waals surface area contributed by atoms with E-state index in [4.69, 9.17) is 4.65 Å². The van der Waals surface area contributed by atoms with E-state index in [1.165, 1.54) is 6.07 Å². The van der Waals surface area contributed by atoms with E-state index in [1.54, 1.807) is 12.1 Å². The summed E-state index contributed by atoms with van der Waals surface area (Å²) in [6, 6.07) is 4.85. The predicted octanol–water partition coefficient (Wildman–Crippen LogP) is 0.440. The largest absolute Gasteiger partial charge is 0.547 e. The molecule has 0 saturated heterocycles. The third-order valence-electron chi connectivity index (χ3n) is 5.80. The topological polar surface area (TPSA) is 120 Å². The summed E-state index contributed by atoms with van der Waals surface area (Å²) in [5, 5.41) is 29.0. The van der Waals surface area contributed by atoms with Crippen LogP contribution in [-0.4, -0.2) is 61.7 Å². The van der Waals surface area contributed by atoms with Crippen molar-refractivity contribution < 1.29 is 24.4 Å². The average molecular weight is 403 g/mol. The molecule has 1 heterocycles.